The minimum atomic E-state index is 0.482. The molecule has 0 aliphatic rings. The normalized spacial score (nSPS) is 10.7. The molecule has 0 amide bonds. The number of rotatable bonds is 4. The Balaban J connectivity index is 1.63. The number of hydrogen-bond acceptors (Lipinski definition) is 5. The maximum atomic E-state index is 5.67. The number of anilines is 1. The van der Waals surface area contributed by atoms with E-state index in [1.807, 2.05) is 30.3 Å². The van der Waals surface area contributed by atoms with Crippen LogP contribution in [0.5, 0.6) is 5.75 Å². The third kappa shape index (κ3) is 2.65. The molecule has 0 bridgehead atoms. The summed E-state index contributed by atoms with van der Waals surface area (Å²) < 4.78 is 11.1. The number of hydrogen-bond donors (Lipinski definition) is 1. The van der Waals surface area contributed by atoms with E-state index >= 15 is 0 Å². The number of nitrogens with two attached hydrogens (primary N) is 1. The smallest absolute Gasteiger partial charge is 0.200 e. The van der Waals surface area contributed by atoms with E-state index in [0.29, 0.717) is 35.8 Å². The maximum absolute atomic E-state index is 5.67. The van der Waals surface area contributed by atoms with Crippen molar-refractivity contribution in [2.45, 2.75) is 6.42 Å². The fraction of sp³-hybridized carbons (Fsp3) is 0.143. The van der Waals surface area contributed by atoms with E-state index in [1.54, 1.807) is 12.3 Å². The van der Waals surface area contributed by atoms with Gasteiger partial charge in [-0.1, -0.05) is 6.07 Å². The number of benzene rings is 1. The summed E-state index contributed by atoms with van der Waals surface area (Å²) in [7, 11) is 0. The quantitative estimate of drug-likeness (QED) is 0.725. The first-order valence-corrected chi connectivity index (χ1v) is 6.00. The van der Waals surface area contributed by atoms with Gasteiger partial charge in [-0.3, -0.25) is 0 Å². The first kappa shape index (κ1) is 11.5. The van der Waals surface area contributed by atoms with Gasteiger partial charge < -0.3 is 14.9 Å². The molecular weight excluding hydrogens is 242 g/mol. The highest BCUT2D eigenvalue weighted by molar-refractivity contribution is 5.66. The lowest BCUT2D eigenvalue weighted by Crippen LogP contribution is -2.01. The standard InChI is InChI=1S/C14H13N3O2/c15-10-3-1-4-11(9-10)18-8-6-13-17-14-12(19-13)5-2-7-16-14/h1-5,7,9H,6,8,15H2. The largest absolute Gasteiger partial charge is 0.493 e. The van der Waals surface area contributed by atoms with E-state index in [-0.39, 0.29) is 0 Å². The lowest BCUT2D eigenvalue weighted by Gasteiger charge is -2.04. The molecule has 0 aliphatic carbocycles. The van der Waals surface area contributed by atoms with Crippen LogP contribution in [-0.4, -0.2) is 16.6 Å². The molecule has 0 unspecified atom stereocenters. The molecule has 2 heterocycles. The topological polar surface area (TPSA) is 74.2 Å². The van der Waals surface area contributed by atoms with Gasteiger partial charge in [0.2, 0.25) is 0 Å². The fourth-order valence-electron chi connectivity index (χ4n) is 1.78. The van der Waals surface area contributed by atoms with E-state index < -0.39 is 0 Å². The van der Waals surface area contributed by atoms with Crippen molar-refractivity contribution in [1.82, 2.24) is 9.97 Å². The van der Waals surface area contributed by atoms with E-state index in [1.165, 1.54) is 0 Å². The van der Waals surface area contributed by atoms with Crippen molar-refractivity contribution in [2.24, 2.45) is 0 Å². The monoisotopic (exact) mass is 255 g/mol. The van der Waals surface area contributed by atoms with Gasteiger partial charge in [0.1, 0.15) is 5.75 Å². The van der Waals surface area contributed by atoms with Crippen LogP contribution in [0, 0.1) is 0 Å². The van der Waals surface area contributed by atoms with Crippen molar-refractivity contribution in [2.75, 3.05) is 12.3 Å². The number of aromatic nitrogens is 2. The molecule has 1 aromatic carbocycles. The predicted molar refractivity (Wildman–Crippen MR) is 71.9 cm³/mol. The Morgan fingerprint density at radius 2 is 2.16 bits per heavy atom. The van der Waals surface area contributed by atoms with Gasteiger partial charge in [0.15, 0.2) is 17.1 Å². The zero-order valence-corrected chi connectivity index (χ0v) is 10.2. The second kappa shape index (κ2) is 4.97. The van der Waals surface area contributed by atoms with Crippen molar-refractivity contribution in [3.8, 4) is 5.75 Å². The van der Waals surface area contributed by atoms with Gasteiger partial charge in [0, 0.05) is 18.0 Å². The van der Waals surface area contributed by atoms with E-state index in [9.17, 15) is 0 Å². The third-order valence-electron chi connectivity index (χ3n) is 2.65. The Morgan fingerprint density at radius 3 is 3.00 bits per heavy atom. The summed E-state index contributed by atoms with van der Waals surface area (Å²) in [5.41, 5.74) is 7.68. The third-order valence-corrected chi connectivity index (χ3v) is 2.65. The first-order chi connectivity index (χ1) is 9.31. The molecule has 2 N–H and O–H groups in total. The predicted octanol–water partition coefficient (Wildman–Crippen LogP) is 2.43. The van der Waals surface area contributed by atoms with Crippen molar-refractivity contribution < 1.29 is 9.15 Å². The van der Waals surface area contributed by atoms with E-state index in [4.69, 9.17) is 14.9 Å². The van der Waals surface area contributed by atoms with Crippen LogP contribution < -0.4 is 10.5 Å². The zero-order chi connectivity index (χ0) is 13.1. The van der Waals surface area contributed by atoms with E-state index in [2.05, 4.69) is 9.97 Å². The highest BCUT2D eigenvalue weighted by atomic mass is 16.5. The van der Waals surface area contributed by atoms with Crippen LogP contribution in [-0.2, 0) is 6.42 Å². The van der Waals surface area contributed by atoms with Gasteiger partial charge in [0.25, 0.3) is 0 Å². The number of fused-ring (bicyclic) bond motifs is 1. The van der Waals surface area contributed by atoms with Crippen LogP contribution in [0.25, 0.3) is 11.2 Å². The molecule has 96 valence electrons. The zero-order valence-electron chi connectivity index (χ0n) is 10.2. The van der Waals surface area contributed by atoms with Crippen molar-refractivity contribution in [3.63, 3.8) is 0 Å². The van der Waals surface area contributed by atoms with Crippen molar-refractivity contribution in [3.05, 3.63) is 48.5 Å². The van der Waals surface area contributed by atoms with Crippen LogP contribution in [0.15, 0.2) is 47.0 Å². The van der Waals surface area contributed by atoms with Crippen LogP contribution in [0.2, 0.25) is 0 Å². The van der Waals surface area contributed by atoms with Gasteiger partial charge >= 0.3 is 0 Å². The molecule has 0 saturated carbocycles. The summed E-state index contributed by atoms with van der Waals surface area (Å²) in [5.74, 6) is 1.37. The Labute approximate surface area is 110 Å². The summed E-state index contributed by atoms with van der Waals surface area (Å²) in [6, 6.07) is 11.0. The average molecular weight is 255 g/mol. The molecule has 3 rings (SSSR count). The molecule has 0 saturated heterocycles. The molecule has 3 aromatic rings. The lowest BCUT2D eigenvalue weighted by molar-refractivity contribution is 0.308. The second-order valence-electron chi connectivity index (χ2n) is 4.10. The molecule has 0 fully saturated rings. The Hall–Kier alpha value is -2.56. The van der Waals surface area contributed by atoms with Gasteiger partial charge in [0.05, 0.1) is 13.0 Å². The molecule has 19 heavy (non-hydrogen) atoms. The first-order valence-electron chi connectivity index (χ1n) is 6.00. The number of oxazole rings is 1. The highest BCUT2D eigenvalue weighted by Crippen LogP contribution is 2.16. The molecule has 2 aromatic heterocycles. The summed E-state index contributed by atoms with van der Waals surface area (Å²) >= 11 is 0. The molecular formula is C14H13N3O2. The van der Waals surface area contributed by atoms with Gasteiger partial charge in [-0.25, -0.2) is 4.98 Å². The summed E-state index contributed by atoms with van der Waals surface area (Å²) in [5, 5.41) is 0. The second-order valence-corrected chi connectivity index (χ2v) is 4.10. The summed E-state index contributed by atoms with van der Waals surface area (Å²) in [6.45, 7) is 0.482. The van der Waals surface area contributed by atoms with Crippen LogP contribution >= 0.6 is 0 Å². The number of nitrogens with zero attached hydrogens (tertiary/aromatic N) is 2. The van der Waals surface area contributed by atoms with Gasteiger partial charge in [-0.2, -0.15) is 4.98 Å². The Kier molecular flexibility index (Phi) is 3.02. The van der Waals surface area contributed by atoms with Gasteiger partial charge in [-0.05, 0) is 24.3 Å². The molecule has 5 heteroatoms. The SMILES string of the molecule is Nc1cccc(OCCc2nc3ncccc3o2)c1. The molecule has 0 radical (unpaired) electrons. The molecule has 0 spiro atoms. The molecule has 0 aliphatic heterocycles. The lowest BCUT2D eigenvalue weighted by atomic mass is 10.3. The van der Waals surface area contributed by atoms with Crippen LogP contribution in [0.3, 0.4) is 0 Å². The van der Waals surface area contributed by atoms with Crippen molar-refractivity contribution in [1.29, 1.82) is 0 Å². The highest BCUT2D eigenvalue weighted by Gasteiger charge is 2.06. The van der Waals surface area contributed by atoms with Gasteiger partial charge in [-0.15, -0.1) is 0 Å². The van der Waals surface area contributed by atoms with Crippen molar-refractivity contribution >= 4 is 16.9 Å². The molecule has 5 nitrogen and oxygen atoms in total. The Bertz CT molecular complexity index is 661. The van der Waals surface area contributed by atoms with Crippen LogP contribution in [0.4, 0.5) is 5.69 Å². The molecule has 0 atom stereocenters. The fourth-order valence-corrected chi connectivity index (χ4v) is 1.78. The Morgan fingerprint density at radius 1 is 1.21 bits per heavy atom. The van der Waals surface area contributed by atoms with E-state index in [0.717, 1.165) is 5.75 Å². The maximum Gasteiger partial charge on any atom is 0.200 e. The summed E-state index contributed by atoms with van der Waals surface area (Å²) in [4.78, 5) is 8.40. The number of pyridine rings is 1. The number of ether oxygens (including phenoxy) is 1. The number of nitrogen functional groups attached to an aromatic ring is 1. The average Bonchev–Trinajstić information content (AvgIpc) is 2.81. The minimum Gasteiger partial charge on any atom is -0.493 e. The van der Waals surface area contributed by atoms with Crippen LogP contribution in [0.1, 0.15) is 5.89 Å². The minimum absolute atomic E-state index is 0.482. The summed E-state index contributed by atoms with van der Waals surface area (Å²) in [6.07, 6.45) is 2.28.